The Morgan fingerprint density at radius 3 is 1.44 bits per heavy atom. The van der Waals surface area contributed by atoms with Crippen molar-refractivity contribution in [2.24, 2.45) is 5.73 Å². The van der Waals surface area contributed by atoms with E-state index in [0.29, 0.717) is 0 Å². The van der Waals surface area contributed by atoms with Crippen LogP contribution in [-0.2, 0) is 0 Å². The van der Waals surface area contributed by atoms with Gasteiger partial charge in [-0.1, -0.05) is 13.3 Å². The van der Waals surface area contributed by atoms with Crippen LogP contribution in [0.25, 0.3) is 0 Å². The van der Waals surface area contributed by atoms with Gasteiger partial charge in [0.05, 0.1) is 0 Å². The molecule has 1 nitrogen and oxygen atoms in total. The lowest BCUT2D eigenvalue weighted by Crippen LogP contribution is -1.95. The zero-order chi connectivity index (χ0) is 8.12. The van der Waals surface area contributed by atoms with Crippen LogP contribution in [0.3, 0.4) is 0 Å². The molecule has 0 unspecified atom stereocenters. The van der Waals surface area contributed by atoms with E-state index in [-0.39, 0.29) is 0 Å². The van der Waals surface area contributed by atoms with Crippen LogP contribution in [0.1, 0.15) is 19.8 Å². The van der Waals surface area contributed by atoms with Gasteiger partial charge in [-0.15, -0.1) is 0 Å². The molecule has 60 valence electrons. The summed E-state index contributed by atoms with van der Waals surface area (Å²) in [5.41, 5.74) is 5.14. The largest absolute Gasteiger partial charge is 0.330 e. The van der Waals surface area contributed by atoms with Crippen LogP contribution in [0.2, 0.25) is 0 Å². The van der Waals surface area contributed by atoms with Crippen molar-refractivity contribution in [3.8, 4) is 0 Å². The molecule has 0 bridgehead atoms. The van der Waals surface area contributed by atoms with Crippen molar-refractivity contribution in [2.45, 2.75) is 19.8 Å². The second-order valence-electron chi connectivity index (χ2n) is 1.14. The van der Waals surface area contributed by atoms with Crippen LogP contribution in [0, 0.1) is 0 Å². The van der Waals surface area contributed by atoms with E-state index in [1.807, 2.05) is 0 Å². The minimum absolute atomic E-state index is 0.844. The zero-order valence-electron chi connectivity index (χ0n) is 7.70. The molecule has 9 heavy (non-hydrogen) atoms. The Labute approximate surface area is 71.4 Å². The highest BCUT2D eigenvalue weighted by atomic mass is 29.1. The molecule has 5 heteroatoms. The third kappa shape index (κ3) is 51.5. The third-order valence-electron chi connectivity index (χ3n) is 0.558. The van der Waals surface area contributed by atoms with Gasteiger partial charge in [-0.05, 0) is 52.0 Å². The van der Waals surface area contributed by atoms with E-state index in [4.69, 9.17) is 5.73 Å². The van der Waals surface area contributed by atoms with Gasteiger partial charge in [-0.2, -0.15) is 0 Å². The number of hydrogen-bond donors (Lipinski definition) is 1. The van der Waals surface area contributed by atoms with E-state index >= 15 is 0 Å². The first-order valence-corrected chi connectivity index (χ1v) is 20.1. The quantitative estimate of drug-likeness (QED) is 0.449. The Hall–Kier alpha value is 0.828. The Morgan fingerprint density at radius 2 is 1.44 bits per heavy atom. The summed E-state index contributed by atoms with van der Waals surface area (Å²) in [6, 6.07) is 0. The van der Waals surface area contributed by atoms with Gasteiger partial charge in [0.1, 0.15) is 0 Å². The lowest BCUT2D eigenvalue weighted by molar-refractivity contribution is 0.807. The highest BCUT2D eigenvalue weighted by Crippen LogP contribution is 1.77. The number of nitrogens with two attached hydrogens (primary N) is 1. The van der Waals surface area contributed by atoms with Gasteiger partial charge in [0.2, 0.25) is 0 Å². The number of hydrogen-bond acceptors (Lipinski definition) is 1. The molecular formula is C4H23NSi4. The monoisotopic (exact) mass is 197 g/mol. The van der Waals surface area contributed by atoms with Gasteiger partial charge in [-0.3, -0.25) is 0 Å². The predicted octanol–water partition coefficient (Wildman–Crippen LogP) is -3.99. The van der Waals surface area contributed by atoms with Crippen LogP contribution in [-0.4, -0.2) is 45.6 Å². The summed E-state index contributed by atoms with van der Waals surface area (Å²) in [4.78, 5) is 0. The molecule has 0 aromatic heterocycles. The average Bonchev–Trinajstić information content (AvgIpc) is 1.98. The fraction of sp³-hybridized carbons (Fsp3) is 1.00. The van der Waals surface area contributed by atoms with E-state index in [0.717, 1.165) is 6.54 Å². The van der Waals surface area contributed by atoms with Crippen LogP contribution in [0.5, 0.6) is 0 Å². The van der Waals surface area contributed by atoms with E-state index in [2.05, 4.69) is 6.92 Å². The molecule has 0 atom stereocenters. The molecule has 0 fully saturated rings. The van der Waals surface area contributed by atoms with Crippen LogP contribution >= 0.6 is 0 Å². The standard InChI is InChI=1S/C4H11N.2H6Si2/c1-2-3-4-5;2*1-2/h2-5H2,1H3;2*1-2H3. The fourth-order valence-electron chi connectivity index (χ4n) is 0.204. The summed E-state index contributed by atoms with van der Waals surface area (Å²) in [7, 11) is 5.78. The molecule has 0 aliphatic carbocycles. The van der Waals surface area contributed by atoms with E-state index < -0.39 is 0 Å². The molecular weight excluding hydrogens is 174 g/mol. The molecule has 0 aromatic carbocycles. The molecule has 0 amide bonds. The minimum atomic E-state index is 0.844. The molecule has 0 aliphatic rings. The summed E-state index contributed by atoms with van der Waals surface area (Å²) in [5.74, 6) is 0. The Bertz CT molecular complexity index is 20.0. The Morgan fingerprint density at radius 1 is 1.11 bits per heavy atom. The van der Waals surface area contributed by atoms with Crippen molar-refractivity contribution in [3.05, 3.63) is 0 Å². The Kier molecular flexibility index (Phi) is 67.4. The molecule has 0 aromatic rings. The summed E-state index contributed by atoms with van der Waals surface area (Å²) in [6.07, 6.45) is 2.39. The lowest BCUT2D eigenvalue weighted by Gasteiger charge is -1.80. The van der Waals surface area contributed by atoms with E-state index in [9.17, 15) is 0 Å². The molecule has 0 spiro atoms. The molecule has 0 saturated heterocycles. The van der Waals surface area contributed by atoms with Crippen molar-refractivity contribution in [1.82, 2.24) is 0 Å². The maximum atomic E-state index is 5.14. The zero-order valence-corrected chi connectivity index (χ0v) is 15.7. The second kappa shape index (κ2) is 36.9. The van der Waals surface area contributed by atoms with Crippen molar-refractivity contribution in [2.75, 3.05) is 6.54 Å². The maximum Gasteiger partial charge on any atom is -0.00774 e. The highest BCUT2D eigenvalue weighted by Gasteiger charge is 1.67. The van der Waals surface area contributed by atoms with Crippen molar-refractivity contribution in [1.29, 1.82) is 0 Å². The first kappa shape index (κ1) is 16.4. The summed E-state index contributed by atoms with van der Waals surface area (Å²) >= 11 is 0. The van der Waals surface area contributed by atoms with Crippen LogP contribution in [0.15, 0.2) is 0 Å². The minimum Gasteiger partial charge on any atom is -0.330 e. The van der Waals surface area contributed by atoms with Gasteiger partial charge in [0, 0.05) is 0 Å². The summed E-state index contributed by atoms with van der Waals surface area (Å²) in [6.45, 7) is 2.98. The maximum absolute atomic E-state index is 5.14. The predicted molar refractivity (Wildman–Crippen MR) is 63.7 cm³/mol. The lowest BCUT2D eigenvalue weighted by atomic mass is 10.3. The number of unbranched alkanes of at least 4 members (excludes halogenated alkanes) is 1. The normalized spacial score (nSPS) is 7.33. The second-order valence-corrected chi connectivity index (χ2v) is 1.14. The van der Waals surface area contributed by atoms with Crippen molar-refractivity contribution in [3.63, 3.8) is 0 Å². The SMILES string of the molecule is CCCCN.[SiH3][SiH3].[SiH3][SiH3]. The van der Waals surface area contributed by atoms with Gasteiger partial charge in [-0.25, -0.2) is 0 Å². The van der Waals surface area contributed by atoms with Crippen LogP contribution in [0.4, 0.5) is 0 Å². The first-order valence-electron chi connectivity index (χ1n) is 4.12. The van der Waals surface area contributed by atoms with Gasteiger partial charge in [0.15, 0.2) is 0 Å². The van der Waals surface area contributed by atoms with Crippen molar-refractivity contribution >= 4 is 39.0 Å². The van der Waals surface area contributed by atoms with Crippen LogP contribution < -0.4 is 5.73 Å². The molecule has 0 aliphatic heterocycles. The first-order chi connectivity index (χ1) is 4.41. The molecule has 2 N–H and O–H groups in total. The summed E-state index contributed by atoms with van der Waals surface area (Å²) in [5, 5.41) is 0. The molecule has 0 saturated carbocycles. The molecule has 0 heterocycles. The number of rotatable bonds is 2. The fourth-order valence-corrected chi connectivity index (χ4v) is 0.204. The van der Waals surface area contributed by atoms with Crippen molar-refractivity contribution < 1.29 is 0 Å². The smallest absolute Gasteiger partial charge is 0.00774 e. The van der Waals surface area contributed by atoms with E-state index in [1.165, 1.54) is 51.9 Å². The topological polar surface area (TPSA) is 26.0 Å². The highest BCUT2D eigenvalue weighted by molar-refractivity contribution is 6.76. The van der Waals surface area contributed by atoms with Gasteiger partial charge < -0.3 is 5.73 Å². The Balaban J connectivity index is -0.0000000771. The average molecular weight is 198 g/mol. The summed E-state index contributed by atoms with van der Waals surface area (Å²) < 4.78 is 0. The van der Waals surface area contributed by atoms with E-state index in [1.54, 1.807) is 0 Å². The van der Waals surface area contributed by atoms with Gasteiger partial charge in [0.25, 0.3) is 0 Å². The third-order valence-corrected chi connectivity index (χ3v) is 0.558. The van der Waals surface area contributed by atoms with Gasteiger partial charge >= 0.3 is 0 Å². The molecule has 0 rings (SSSR count). The molecule has 0 radical (unpaired) electrons.